The molecule has 0 amide bonds. The molecule has 0 fully saturated rings. The number of carbonyl (C=O) groups is 1. The fourth-order valence-electron chi connectivity index (χ4n) is 2.58. The summed E-state index contributed by atoms with van der Waals surface area (Å²) in [6, 6.07) is 11.7. The molecule has 4 nitrogen and oxygen atoms in total. The second-order valence-corrected chi connectivity index (χ2v) is 6.31. The molecule has 0 bridgehead atoms. The number of pyridine rings is 1. The number of aromatic nitrogens is 2. The maximum atomic E-state index is 10.9. The lowest BCUT2D eigenvalue weighted by Crippen LogP contribution is -1.92. The van der Waals surface area contributed by atoms with Crippen molar-refractivity contribution in [1.29, 1.82) is 0 Å². The molecule has 5 heteroatoms. The SMILES string of the molecule is CC(C)c1ccc(-c2nc3ccc(Cl)cn3c2/C=C/C(=O)O)cc1. The van der Waals surface area contributed by atoms with Crippen LogP contribution in [0.4, 0.5) is 0 Å². The fourth-order valence-corrected chi connectivity index (χ4v) is 2.75. The third-order valence-electron chi connectivity index (χ3n) is 3.85. The maximum absolute atomic E-state index is 10.9. The van der Waals surface area contributed by atoms with Gasteiger partial charge in [-0.1, -0.05) is 49.7 Å². The molecule has 0 unspecified atom stereocenters. The van der Waals surface area contributed by atoms with E-state index in [1.54, 1.807) is 22.7 Å². The van der Waals surface area contributed by atoms with Gasteiger partial charge in [-0.15, -0.1) is 0 Å². The van der Waals surface area contributed by atoms with Crippen molar-refractivity contribution in [3.05, 3.63) is 65.0 Å². The largest absolute Gasteiger partial charge is 0.478 e. The van der Waals surface area contributed by atoms with Gasteiger partial charge in [0.05, 0.1) is 16.4 Å². The molecule has 24 heavy (non-hydrogen) atoms. The molecule has 0 aliphatic carbocycles. The summed E-state index contributed by atoms with van der Waals surface area (Å²) in [5.74, 6) is -0.557. The summed E-state index contributed by atoms with van der Waals surface area (Å²) >= 11 is 6.08. The lowest BCUT2D eigenvalue weighted by atomic mass is 10.0. The molecule has 0 atom stereocenters. The van der Waals surface area contributed by atoms with Crippen molar-refractivity contribution in [2.75, 3.05) is 0 Å². The summed E-state index contributed by atoms with van der Waals surface area (Å²) in [6.45, 7) is 4.28. The highest BCUT2D eigenvalue weighted by Gasteiger charge is 2.13. The number of halogens is 1. The van der Waals surface area contributed by atoms with Gasteiger partial charge in [0, 0.05) is 17.8 Å². The van der Waals surface area contributed by atoms with Gasteiger partial charge >= 0.3 is 5.97 Å². The monoisotopic (exact) mass is 340 g/mol. The predicted octanol–water partition coefficient (Wildman–Crippen LogP) is 4.88. The normalized spacial score (nSPS) is 11.7. The van der Waals surface area contributed by atoms with Crippen molar-refractivity contribution in [2.45, 2.75) is 19.8 Å². The molecule has 3 rings (SSSR count). The summed E-state index contributed by atoms with van der Waals surface area (Å²) in [5, 5.41) is 9.52. The Bertz CT molecular complexity index is 924. The summed E-state index contributed by atoms with van der Waals surface area (Å²) in [7, 11) is 0. The van der Waals surface area contributed by atoms with E-state index in [0.29, 0.717) is 22.3 Å². The van der Waals surface area contributed by atoms with Crippen LogP contribution in [0.1, 0.15) is 31.0 Å². The van der Waals surface area contributed by atoms with Gasteiger partial charge in [0.15, 0.2) is 0 Å². The molecule has 0 saturated heterocycles. The topological polar surface area (TPSA) is 54.6 Å². The molecular weight excluding hydrogens is 324 g/mol. The molecule has 3 aromatic rings. The number of imidazole rings is 1. The molecular formula is C19H17ClN2O2. The lowest BCUT2D eigenvalue weighted by Gasteiger charge is -2.06. The molecule has 0 aliphatic rings. The highest BCUT2D eigenvalue weighted by molar-refractivity contribution is 6.30. The van der Waals surface area contributed by atoms with Crippen LogP contribution in [0, 0.1) is 0 Å². The van der Waals surface area contributed by atoms with E-state index < -0.39 is 5.97 Å². The van der Waals surface area contributed by atoms with Crippen LogP contribution < -0.4 is 0 Å². The van der Waals surface area contributed by atoms with Crippen molar-refractivity contribution in [3.63, 3.8) is 0 Å². The Morgan fingerprint density at radius 1 is 1.21 bits per heavy atom. The number of rotatable bonds is 4. The molecule has 1 N–H and O–H groups in total. The van der Waals surface area contributed by atoms with E-state index in [1.165, 1.54) is 5.56 Å². The van der Waals surface area contributed by atoms with Crippen molar-refractivity contribution >= 4 is 29.3 Å². The molecule has 1 aromatic carbocycles. The van der Waals surface area contributed by atoms with Crippen molar-refractivity contribution in [3.8, 4) is 11.3 Å². The van der Waals surface area contributed by atoms with E-state index in [4.69, 9.17) is 16.7 Å². The first-order valence-corrected chi connectivity index (χ1v) is 8.02. The highest BCUT2D eigenvalue weighted by atomic mass is 35.5. The van der Waals surface area contributed by atoms with Gasteiger partial charge in [0.25, 0.3) is 0 Å². The number of aliphatic carboxylic acids is 1. The Morgan fingerprint density at radius 2 is 1.92 bits per heavy atom. The van der Waals surface area contributed by atoms with Crippen LogP contribution in [0.25, 0.3) is 23.0 Å². The van der Waals surface area contributed by atoms with Gasteiger partial charge in [-0.05, 0) is 29.7 Å². The molecule has 0 aliphatic heterocycles. The van der Waals surface area contributed by atoms with E-state index in [-0.39, 0.29) is 0 Å². The smallest absolute Gasteiger partial charge is 0.328 e. The highest BCUT2D eigenvalue weighted by Crippen LogP contribution is 2.28. The Kier molecular flexibility index (Phi) is 4.40. The van der Waals surface area contributed by atoms with Crippen LogP contribution in [-0.2, 0) is 4.79 Å². The zero-order chi connectivity index (χ0) is 17.3. The van der Waals surface area contributed by atoms with Gasteiger partial charge in [-0.2, -0.15) is 0 Å². The Morgan fingerprint density at radius 3 is 2.54 bits per heavy atom. The van der Waals surface area contributed by atoms with Crippen LogP contribution in [0.2, 0.25) is 5.02 Å². The number of benzene rings is 1. The second kappa shape index (κ2) is 6.49. The first-order chi connectivity index (χ1) is 11.5. The zero-order valence-electron chi connectivity index (χ0n) is 13.4. The molecule has 2 heterocycles. The van der Waals surface area contributed by atoms with Crippen LogP contribution >= 0.6 is 11.6 Å². The van der Waals surface area contributed by atoms with Crippen molar-refractivity contribution < 1.29 is 9.90 Å². The number of carboxylic acid groups (broad SMARTS) is 1. The number of carboxylic acids is 1. The number of hydrogen-bond acceptors (Lipinski definition) is 2. The second-order valence-electron chi connectivity index (χ2n) is 5.87. The summed E-state index contributed by atoms with van der Waals surface area (Å²) in [6.07, 6.45) is 4.39. The first-order valence-electron chi connectivity index (χ1n) is 7.64. The zero-order valence-corrected chi connectivity index (χ0v) is 14.2. The average molecular weight is 341 g/mol. The van der Waals surface area contributed by atoms with Crippen LogP contribution in [0.5, 0.6) is 0 Å². The Hall–Kier alpha value is -2.59. The van der Waals surface area contributed by atoms with E-state index >= 15 is 0 Å². The average Bonchev–Trinajstić information content (AvgIpc) is 2.90. The maximum Gasteiger partial charge on any atom is 0.328 e. The number of hydrogen-bond donors (Lipinski definition) is 1. The lowest BCUT2D eigenvalue weighted by molar-refractivity contribution is -0.131. The minimum atomic E-state index is -1.01. The summed E-state index contributed by atoms with van der Waals surface area (Å²) in [4.78, 5) is 15.6. The summed E-state index contributed by atoms with van der Waals surface area (Å²) < 4.78 is 1.80. The quantitative estimate of drug-likeness (QED) is 0.689. The third kappa shape index (κ3) is 3.19. The van der Waals surface area contributed by atoms with Crippen LogP contribution in [0.15, 0.2) is 48.7 Å². The number of nitrogens with zero attached hydrogens (tertiary/aromatic N) is 2. The Labute approximate surface area is 145 Å². The Balaban J connectivity index is 2.18. The van der Waals surface area contributed by atoms with Gasteiger partial charge in [0.1, 0.15) is 5.65 Å². The van der Waals surface area contributed by atoms with E-state index in [1.807, 2.05) is 18.2 Å². The fraction of sp³-hybridized carbons (Fsp3) is 0.158. The predicted molar refractivity (Wildman–Crippen MR) is 96.4 cm³/mol. The van der Waals surface area contributed by atoms with Gasteiger partial charge in [-0.3, -0.25) is 4.40 Å². The minimum absolute atomic E-state index is 0.449. The summed E-state index contributed by atoms with van der Waals surface area (Å²) in [5.41, 5.74) is 4.31. The van der Waals surface area contributed by atoms with Crippen molar-refractivity contribution in [1.82, 2.24) is 9.38 Å². The molecule has 0 spiro atoms. The van der Waals surface area contributed by atoms with Gasteiger partial charge in [0.2, 0.25) is 0 Å². The van der Waals surface area contributed by atoms with Gasteiger partial charge in [-0.25, -0.2) is 9.78 Å². The molecule has 2 aromatic heterocycles. The van der Waals surface area contributed by atoms with E-state index in [2.05, 4.69) is 31.0 Å². The van der Waals surface area contributed by atoms with E-state index in [0.717, 1.165) is 17.3 Å². The van der Waals surface area contributed by atoms with Crippen LogP contribution in [-0.4, -0.2) is 20.5 Å². The molecule has 0 radical (unpaired) electrons. The van der Waals surface area contributed by atoms with Crippen molar-refractivity contribution in [2.24, 2.45) is 0 Å². The standard InChI is InChI=1S/C19H17ClN2O2/c1-12(2)13-3-5-14(6-4-13)19-16(8-10-18(23)24)22-11-15(20)7-9-17(22)21-19/h3-12H,1-2H3,(H,23,24)/b10-8+. The number of fused-ring (bicyclic) bond motifs is 1. The minimum Gasteiger partial charge on any atom is -0.478 e. The molecule has 0 saturated carbocycles. The van der Waals surface area contributed by atoms with Crippen LogP contribution in [0.3, 0.4) is 0 Å². The van der Waals surface area contributed by atoms with E-state index in [9.17, 15) is 4.79 Å². The molecule has 122 valence electrons. The third-order valence-corrected chi connectivity index (χ3v) is 4.08. The van der Waals surface area contributed by atoms with Gasteiger partial charge < -0.3 is 5.11 Å². The first kappa shape index (κ1) is 16.3.